The average Bonchev–Trinajstić information content (AvgIpc) is 2.25. The van der Waals surface area contributed by atoms with Crippen molar-refractivity contribution in [3.05, 3.63) is 35.9 Å². The van der Waals surface area contributed by atoms with Gasteiger partial charge in [0.1, 0.15) is 6.10 Å². The van der Waals surface area contributed by atoms with E-state index in [0.717, 1.165) is 0 Å². The summed E-state index contributed by atoms with van der Waals surface area (Å²) in [6.45, 7) is 0. The van der Waals surface area contributed by atoms with Gasteiger partial charge in [-0.3, -0.25) is 0 Å². The molecule has 6 heteroatoms. The Morgan fingerprint density at radius 2 is 1.69 bits per heavy atom. The fraction of sp³-hybridized carbons (Fsp3) is 0.200. The van der Waals surface area contributed by atoms with E-state index < -0.39 is 24.2 Å². The predicted octanol–water partition coefficient (Wildman–Crippen LogP) is 0.441. The molecule has 2 unspecified atom stereocenters. The van der Waals surface area contributed by atoms with E-state index in [1.165, 1.54) is 12.1 Å². The van der Waals surface area contributed by atoms with E-state index in [1.807, 2.05) is 0 Å². The number of nitrogens with one attached hydrogen (secondary N) is 1. The van der Waals surface area contributed by atoms with Crippen LogP contribution in [0.4, 0.5) is 4.79 Å². The zero-order valence-corrected chi connectivity index (χ0v) is 8.20. The van der Waals surface area contributed by atoms with Crippen LogP contribution in [0.15, 0.2) is 30.3 Å². The zero-order chi connectivity index (χ0) is 12.1. The van der Waals surface area contributed by atoms with Crippen LogP contribution < -0.4 is 5.32 Å². The van der Waals surface area contributed by atoms with E-state index >= 15 is 0 Å². The fourth-order valence-corrected chi connectivity index (χ4v) is 1.25. The molecule has 1 rings (SSSR count). The molecule has 86 valence electrons. The van der Waals surface area contributed by atoms with Crippen LogP contribution in [0.2, 0.25) is 0 Å². The summed E-state index contributed by atoms with van der Waals surface area (Å²) in [7, 11) is 0. The van der Waals surface area contributed by atoms with Crippen LogP contribution in [0.5, 0.6) is 0 Å². The van der Waals surface area contributed by atoms with Crippen LogP contribution in [-0.4, -0.2) is 33.4 Å². The van der Waals surface area contributed by atoms with E-state index in [-0.39, 0.29) is 0 Å². The molecule has 0 aliphatic carbocycles. The summed E-state index contributed by atoms with van der Waals surface area (Å²) in [6.07, 6.45) is -2.92. The van der Waals surface area contributed by atoms with Crippen LogP contribution in [0.25, 0.3) is 0 Å². The van der Waals surface area contributed by atoms with Crippen molar-refractivity contribution in [2.45, 2.75) is 12.1 Å². The predicted molar refractivity (Wildman–Crippen MR) is 54.0 cm³/mol. The second kappa shape index (κ2) is 5.13. The van der Waals surface area contributed by atoms with E-state index in [0.29, 0.717) is 5.56 Å². The minimum Gasteiger partial charge on any atom is -0.480 e. The highest BCUT2D eigenvalue weighted by atomic mass is 16.4. The van der Waals surface area contributed by atoms with Gasteiger partial charge in [-0.1, -0.05) is 30.3 Å². The molecular formula is C10H11NO5. The topological polar surface area (TPSA) is 107 Å². The molecule has 0 radical (unpaired) electrons. The van der Waals surface area contributed by atoms with Crippen LogP contribution in [0, 0.1) is 0 Å². The smallest absolute Gasteiger partial charge is 0.405 e. The molecule has 16 heavy (non-hydrogen) atoms. The van der Waals surface area contributed by atoms with Crippen LogP contribution in [0.1, 0.15) is 11.7 Å². The van der Waals surface area contributed by atoms with Gasteiger partial charge in [0.15, 0.2) is 6.04 Å². The molecule has 1 aromatic rings. The van der Waals surface area contributed by atoms with E-state index in [2.05, 4.69) is 0 Å². The number of benzene rings is 1. The van der Waals surface area contributed by atoms with E-state index in [9.17, 15) is 14.7 Å². The van der Waals surface area contributed by atoms with Gasteiger partial charge in [-0.05, 0) is 5.56 Å². The molecule has 4 N–H and O–H groups in total. The second-order valence-corrected chi connectivity index (χ2v) is 3.12. The lowest BCUT2D eigenvalue weighted by molar-refractivity contribution is -0.142. The lowest BCUT2D eigenvalue weighted by Crippen LogP contribution is -2.44. The first-order valence-corrected chi connectivity index (χ1v) is 4.47. The van der Waals surface area contributed by atoms with Crippen molar-refractivity contribution in [1.29, 1.82) is 0 Å². The Kier molecular flexibility index (Phi) is 3.84. The molecule has 0 heterocycles. The number of carbonyl (C=O) groups is 2. The van der Waals surface area contributed by atoms with Crippen LogP contribution in [0.3, 0.4) is 0 Å². The lowest BCUT2D eigenvalue weighted by atomic mass is 10.0. The monoisotopic (exact) mass is 225 g/mol. The molecule has 1 amide bonds. The summed E-state index contributed by atoms with van der Waals surface area (Å²) in [6, 6.07) is 6.40. The first kappa shape index (κ1) is 12.0. The van der Waals surface area contributed by atoms with Crippen LogP contribution in [-0.2, 0) is 4.79 Å². The third-order valence-electron chi connectivity index (χ3n) is 2.00. The summed E-state index contributed by atoms with van der Waals surface area (Å²) < 4.78 is 0. The maximum Gasteiger partial charge on any atom is 0.405 e. The standard InChI is InChI=1S/C10H11NO5/c12-8(6-4-2-1-3-5-6)7(9(13)14)11-10(15)16/h1-5,7-8,11-12H,(H,13,14)(H,15,16). The Morgan fingerprint density at radius 3 is 2.12 bits per heavy atom. The largest absolute Gasteiger partial charge is 0.480 e. The van der Waals surface area contributed by atoms with Gasteiger partial charge in [0.05, 0.1) is 0 Å². The number of hydrogen-bond donors (Lipinski definition) is 4. The normalized spacial score (nSPS) is 13.8. The maximum absolute atomic E-state index is 10.8. The number of carboxylic acid groups (broad SMARTS) is 2. The van der Waals surface area contributed by atoms with Gasteiger partial charge in [0, 0.05) is 0 Å². The number of aliphatic hydroxyl groups excluding tert-OH is 1. The number of aliphatic carboxylic acids is 1. The first-order valence-electron chi connectivity index (χ1n) is 4.47. The van der Waals surface area contributed by atoms with Gasteiger partial charge in [-0.15, -0.1) is 0 Å². The Morgan fingerprint density at radius 1 is 1.12 bits per heavy atom. The van der Waals surface area contributed by atoms with Crippen molar-refractivity contribution in [2.75, 3.05) is 0 Å². The zero-order valence-electron chi connectivity index (χ0n) is 8.20. The Bertz CT molecular complexity index is 378. The van der Waals surface area contributed by atoms with Crippen molar-refractivity contribution >= 4 is 12.1 Å². The van der Waals surface area contributed by atoms with Gasteiger partial charge in [0.25, 0.3) is 0 Å². The number of carboxylic acids is 1. The SMILES string of the molecule is O=C(O)NC(C(=O)O)C(O)c1ccccc1. The second-order valence-electron chi connectivity index (χ2n) is 3.12. The summed E-state index contributed by atoms with van der Waals surface area (Å²) in [5, 5.41) is 28.6. The van der Waals surface area contributed by atoms with E-state index in [1.54, 1.807) is 23.5 Å². The van der Waals surface area contributed by atoms with Crippen molar-refractivity contribution < 1.29 is 24.9 Å². The molecule has 2 atom stereocenters. The molecule has 0 aromatic heterocycles. The summed E-state index contributed by atoms with van der Waals surface area (Å²) in [5.74, 6) is -1.43. The molecule has 0 bridgehead atoms. The molecule has 1 aromatic carbocycles. The highest BCUT2D eigenvalue weighted by Gasteiger charge is 2.29. The van der Waals surface area contributed by atoms with Gasteiger partial charge < -0.3 is 20.6 Å². The molecule has 0 spiro atoms. The molecule has 6 nitrogen and oxygen atoms in total. The van der Waals surface area contributed by atoms with Crippen molar-refractivity contribution in [1.82, 2.24) is 5.32 Å². The average molecular weight is 225 g/mol. The Labute approximate surface area is 91.1 Å². The highest BCUT2D eigenvalue weighted by molar-refractivity contribution is 5.80. The molecular weight excluding hydrogens is 214 g/mol. The molecule has 0 fully saturated rings. The van der Waals surface area contributed by atoms with Crippen LogP contribution >= 0.6 is 0 Å². The van der Waals surface area contributed by atoms with Crippen molar-refractivity contribution in [3.8, 4) is 0 Å². The maximum atomic E-state index is 10.8. The Hall–Kier alpha value is -2.08. The quantitative estimate of drug-likeness (QED) is 0.594. The van der Waals surface area contributed by atoms with Gasteiger partial charge >= 0.3 is 12.1 Å². The molecule has 0 saturated carbocycles. The lowest BCUT2D eigenvalue weighted by Gasteiger charge is -2.19. The number of aliphatic hydroxyl groups is 1. The molecule has 0 aliphatic heterocycles. The summed E-state index contributed by atoms with van der Waals surface area (Å²) in [5.41, 5.74) is 0.337. The number of rotatable bonds is 4. The third-order valence-corrected chi connectivity index (χ3v) is 2.00. The van der Waals surface area contributed by atoms with Crippen molar-refractivity contribution in [3.63, 3.8) is 0 Å². The first-order chi connectivity index (χ1) is 7.52. The fourth-order valence-electron chi connectivity index (χ4n) is 1.25. The van der Waals surface area contributed by atoms with Gasteiger partial charge in [-0.25, -0.2) is 9.59 Å². The summed E-state index contributed by atoms with van der Waals surface area (Å²) in [4.78, 5) is 21.1. The minimum atomic E-state index is -1.58. The molecule has 0 aliphatic rings. The van der Waals surface area contributed by atoms with E-state index in [4.69, 9.17) is 10.2 Å². The van der Waals surface area contributed by atoms with Crippen molar-refractivity contribution in [2.24, 2.45) is 0 Å². The number of hydrogen-bond acceptors (Lipinski definition) is 3. The summed E-state index contributed by atoms with van der Waals surface area (Å²) >= 11 is 0. The van der Waals surface area contributed by atoms with Gasteiger partial charge in [-0.2, -0.15) is 0 Å². The number of amides is 1. The Balaban J connectivity index is 2.87. The third kappa shape index (κ3) is 2.96. The highest BCUT2D eigenvalue weighted by Crippen LogP contribution is 2.16. The van der Waals surface area contributed by atoms with Gasteiger partial charge in [0.2, 0.25) is 0 Å². The molecule has 0 saturated heterocycles. The minimum absolute atomic E-state index is 0.337.